The van der Waals surface area contributed by atoms with Crippen molar-refractivity contribution in [2.24, 2.45) is 0 Å². The first kappa shape index (κ1) is 23.8. The van der Waals surface area contributed by atoms with Crippen molar-refractivity contribution in [2.75, 3.05) is 7.11 Å². The number of hydrogen-bond donors (Lipinski definition) is 0. The number of cyclic esters (lactones) is 2. The third-order valence-corrected chi connectivity index (χ3v) is 7.53. The predicted octanol–water partition coefficient (Wildman–Crippen LogP) is 5.03. The van der Waals surface area contributed by atoms with Crippen molar-refractivity contribution in [3.05, 3.63) is 123 Å². The molecule has 5 aromatic rings. The lowest BCUT2D eigenvalue weighted by atomic mass is 9.79. The maximum absolute atomic E-state index is 13.1. The first-order valence-corrected chi connectivity index (χ1v) is 12.8. The van der Waals surface area contributed by atoms with Crippen molar-refractivity contribution in [3.8, 4) is 22.8 Å². The van der Waals surface area contributed by atoms with Crippen LogP contribution in [0.25, 0.3) is 28.0 Å². The van der Waals surface area contributed by atoms with Crippen LogP contribution in [-0.4, -0.2) is 28.6 Å². The summed E-state index contributed by atoms with van der Waals surface area (Å²) in [6.45, 7) is 1.85. The summed E-state index contributed by atoms with van der Waals surface area (Å²) in [6, 6.07) is 24.3. The van der Waals surface area contributed by atoms with Gasteiger partial charge in [0.15, 0.2) is 0 Å². The highest BCUT2D eigenvalue weighted by Gasteiger charge is 2.46. The van der Waals surface area contributed by atoms with E-state index in [1.807, 2.05) is 78.2 Å². The van der Waals surface area contributed by atoms with Crippen molar-refractivity contribution in [2.45, 2.75) is 19.3 Å². The van der Waals surface area contributed by atoms with E-state index in [-0.39, 0.29) is 6.42 Å². The van der Waals surface area contributed by atoms with Crippen molar-refractivity contribution in [1.29, 1.82) is 0 Å². The highest BCUT2D eigenvalue weighted by molar-refractivity contribution is 6.14. The Morgan fingerprint density at radius 2 is 1.65 bits per heavy atom. The molecule has 0 spiro atoms. The summed E-state index contributed by atoms with van der Waals surface area (Å²) in [6.07, 6.45) is 0.162. The fraction of sp³-hybridized carbons (Fsp3) is 0.125. The Hall–Kier alpha value is -5.24. The molecule has 0 N–H and O–H groups in total. The fourth-order valence-electron chi connectivity index (χ4n) is 5.77. The van der Waals surface area contributed by atoms with Crippen molar-refractivity contribution >= 4 is 22.9 Å². The monoisotopic (exact) mass is 530 g/mol. The Kier molecular flexibility index (Phi) is 5.31. The van der Waals surface area contributed by atoms with Gasteiger partial charge < -0.3 is 13.9 Å². The molecular formula is C32H22N2O6. The highest BCUT2D eigenvalue weighted by Crippen LogP contribution is 2.47. The van der Waals surface area contributed by atoms with Gasteiger partial charge in [-0.05, 0) is 24.1 Å². The second-order valence-electron chi connectivity index (χ2n) is 9.83. The van der Waals surface area contributed by atoms with Gasteiger partial charge in [-0.3, -0.25) is 4.57 Å². The molecule has 196 valence electrons. The molecule has 1 aliphatic carbocycles. The molecule has 0 saturated carbocycles. The Morgan fingerprint density at radius 1 is 0.925 bits per heavy atom. The molecule has 0 amide bonds. The van der Waals surface area contributed by atoms with E-state index >= 15 is 0 Å². The quantitative estimate of drug-likeness (QED) is 0.183. The molecule has 1 aliphatic heterocycles. The maximum atomic E-state index is 13.1. The van der Waals surface area contributed by atoms with Crippen LogP contribution in [0, 0.1) is 6.92 Å². The van der Waals surface area contributed by atoms with Gasteiger partial charge >= 0.3 is 17.6 Å². The highest BCUT2D eigenvalue weighted by atomic mass is 16.6. The standard InChI is InChI=1S/C32H22N2O6/c1-17-13-26(35)39-24-16-25(38-2)23(15-20(17)24)34-29-22(33-30(34)19-11-7-4-8-12-19)14-21-28(32(37)40-31(21)36)27(29)18-9-5-3-6-10-18/h3-13,15-16,27H,14H2,1-2H3. The number of rotatable bonds is 4. The van der Waals surface area contributed by atoms with Crippen LogP contribution in [0.3, 0.4) is 0 Å². The number of hydrogen-bond acceptors (Lipinski definition) is 7. The first-order valence-electron chi connectivity index (χ1n) is 12.8. The van der Waals surface area contributed by atoms with E-state index in [1.54, 1.807) is 13.2 Å². The second kappa shape index (κ2) is 8.91. The number of aryl methyl sites for hydroxylation is 1. The molecular weight excluding hydrogens is 508 g/mol. The maximum Gasteiger partial charge on any atom is 0.343 e. The van der Waals surface area contributed by atoms with Crippen LogP contribution in [-0.2, 0) is 20.7 Å². The number of benzene rings is 3. The third kappa shape index (κ3) is 3.53. The van der Waals surface area contributed by atoms with E-state index < -0.39 is 23.5 Å². The molecule has 2 aromatic heterocycles. The molecule has 3 heterocycles. The van der Waals surface area contributed by atoms with E-state index in [1.165, 1.54) is 6.07 Å². The van der Waals surface area contributed by atoms with Crippen molar-refractivity contribution < 1.29 is 23.5 Å². The van der Waals surface area contributed by atoms with Gasteiger partial charge in [0, 0.05) is 29.5 Å². The summed E-state index contributed by atoms with van der Waals surface area (Å²) in [7, 11) is 1.55. The minimum atomic E-state index is -0.642. The van der Waals surface area contributed by atoms with Gasteiger partial charge in [-0.1, -0.05) is 60.7 Å². The molecule has 40 heavy (non-hydrogen) atoms. The zero-order chi connectivity index (χ0) is 27.5. The Balaban J connectivity index is 1.61. The van der Waals surface area contributed by atoms with Gasteiger partial charge in [0.05, 0.1) is 41.2 Å². The molecule has 1 atom stereocenters. The van der Waals surface area contributed by atoms with Gasteiger partial charge in [0.2, 0.25) is 0 Å². The number of aromatic nitrogens is 2. The van der Waals surface area contributed by atoms with Crippen LogP contribution in [0.1, 0.15) is 28.4 Å². The SMILES string of the molecule is COc1cc2oc(=O)cc(C)c2cc1-n1c(-c2ccccc2)nc2c1C(c1ccccc1)C1=C(C2)C(=O)OC1=O. The van der Waals surface area contributed by atoms with E-state index in [9.17, 15) is 14.4 Å². The zero-order valence-electron chi connectivity index (χ0n) is 21.6. The third-order valence-electron chi connectivity index (χ3n) is 7.53. The average molecular weight is 531 g/mol. The van der Waals surface area contributed by atoms with Crippen LogP contribution in [0.15, 0.2) is 99.2 Å². The molecule has 0 fully saturated rings. The first-order chi connectivity index (χ1) is 19.4. The lowest BCUT2D eigenvalue weighted by molar-refractivity contribution is -0.151. The summed E-state index contributed by atoms with van der Waals surface area (Å²) in [4.78, 5) is 43.0. The lowest BCUT2D eigenvalue weighted by Gasteiger charge is -2.26. The van der Waals surface area contributed by atoms with E-state index in [0.717, 1.165) is 27.8 Å². The van der Waals surface area contributed by atoms with Crippen molar-refractivity contribution in [1.82, 2.24) is 9.55 Å². The van der Waals surface area contributed by atoms with Gasteiger partial charge in [0.1, 0.15) is 17.2 Å². The number of fused-ring (bicyclic) bond motifs is 2. The number of esters is 2. The molecule has 8 nitrogen and oxygen atoms in total. The zero-order valence-corrected chi connectivity index (χ0v) is 21.6. The minimum absolute atomic E-state index is 0.162. The van der Waals surface area contributed by atoms with Gasteiger partial charge in [0.25, 0.3) is 0 Å². The van der Waals surface area contributed by atoms with E-state index in [2.05, 4.69) is 0 Å². The van der Waals surface area contributed by atoms with Crippen LogP contribution in [0.4, 0.5) is 0 Å². The number of ether oxygens (including phenoxy) is 2. The molecule has 8 heteroatoms. The number of carbonyl (C=O) groups excluding carboxylic acids is 2. The summed E-state index contributed by atoms with van der Waals surface area (Å²) >= 11 is 0. The topological polar surface area (TPSA) is 101 Å². The summed E-state index contributed by atoms with van der Waals surface area (Å²) in [5.41, 5.74) is 5.08. The van der Waals surface area contributed by atoms with Crippen LogP contribution in [0.5, 0.6) is 5.75 Å². The molecule has 0 radical (unpaired) electrons. The average Bonchev–Trinajstić information content (AvgIpc) is 3.48. The number of imidazole rings is 1. The molecule has 0 saturated heterocycles. The van der Waals surface area contributed by atoms with Gasteiger partial charge in [-0.2, -0.15) is 0 Å². The van der Waals surface area contributed by atoms with Crippen LogP contribution < -0.4 is 10.4 Å². The van der Waals surface area contributed by atoms with Gasteiger partial charge in [-0.25, -0.2) is 19.4 Å². The van der Waals surface area contributed by atoms with Crippen LogP contribution in [0.2, 0.25) is 0 Å². The predicted molar refractivity (Wildman–Crippen MR) is 146 cm³/mol. The van der Waals surface area contributed by atoms with E-state index in [4.69, 9.17) is 18.9 Å². The number of nitrogens with zero attached hydrogens (tertiary/aromatic N) is 2. The molecule has 7 rings (SSSR count). The van der Waals surface area contributed by atoms with Crippen molar-refractivity contribution in [3.63, 3.8) is 0 Å². The summed E-state index contributed by atoms with van der Waals surface area (Å²) in [5.74, 6) is -0.802. The molecule has 2 aliphatic rings. The second-order valence-corrected chi connectivity index (χ2v) is 9.83. The normalized spacial score (nSPS) is 16.2. The summed E-state index contributed by atoms with van der Waals surface area (Å²) < 4.78 is 18.4. The number of methoxy groups -OCH3 is 1. The largest absolute Gasteiger partial charge is 0.494 e. The molecule has 3 aromatic carbocycles. The molecule has 1 unspecified atom stereocenters. The summed E-state index contributed by atoms with van der Waals surface area (Å²) in [5, 5.41) is 0.735. The fourth-order valence-corrected chi connectivity index (χ4v) is 5.77. The Bertz CT molecular complexity index is 1950. The van der Waals surface area contributed by atoms with Gasteiger partial charge in [-0.15, -0.1) is 0 Å². The number of carbonyl (C=O) groups is 2. The lowest BCUT2D eigenvalue weighted by Crippen LogP contribution is -2.21. The Morgan fingerprint density at radius 3 is 2.38 bits per heavy atom. The smallest absolute Gasteiger partial charge is 0.343 e. The molecule has 0 bridgehead atoms. The minimum Gasteiger partial charge on any atom is -0.494 e. The Labute approximate surface area is 228 Å². The van der Waals surface area contributed by atoms with Crippen LogP contribution >= 0.6 is 0 Å². The van der Waals surface area contributed by atoms with E-state index in [0.29, 0.717) is 39.7 Å².